The Labute approximate surface area is 116 Å². The fourth-order valence-corrected chi connectivity index (χ4v) is 3.22. The van der Waals surface area contributed by atoms with E-state index in [-0.39, 0.29) is 6.04 Å². The van der Waals surface area contributed by atoms with Crippen molar-refractivity contribution in [3.05, 3.63) is 56.2 Å². The molecule has 0 aliphatic heterocycles. The monoisotopic (exact) mass is 332 g/mol. The van der Waals surface area contributed by atoms with Crippen molar-refractivity contribution in [2.75, 3.05) is 0 Å². The van der Waals surface area contributed by atoms with Gasteiger partial charge >= 0.3 is 0 Å². The number of benzene rings is 1. The van der Waals surface area contributed by atoms with Crippen molar-refractivity contribution < 1.29 is 8.78 Å². The third kappa shape index (κ3) is 3.35. The molecule has 1 aromatic heterocycles. The summed E-state index contributed by atoms with van der Waals surface area (Å²) >= 11 is 4.89. The molecule has 0 saturated carbocycles. The van der Waals surface area contributed by atoms with E-state index in [9.17, 15) is 8.78 Å². The van der Waals surface area contributed by atoms with Gasteiger partial charge in [-0.25, -0.2) is 8.78 Å². The molecule has 2 nitrogen and oxygen atoms in total. The minimum absolute atomic E-state index is 0.164. The van der Waals surface area contributed by atoms with E-state index in [1.165, 1.54) is 23.5 Å². The van der Waals surface area contributed by atoms with Gasteiger partial charge in [-0.05, 0) is 46.1 Å². The van der Waals surface area contributed by atoms with E-state index in [1.54, 1.807) is 0 Å². The third-order valence-electron chi connectivity index (χ3n) is 2.49. The highest BCUT2D eigenvalue weighted by Gasteiger charge is 2.14. The van der Waals surface area contributed by atoms with Crippen LogP contribution >= 0.6 is 27.3 Å². The van der Waals surface area contributed by atoms with Gasteiger partial charge in [0, 0.05) is 20.8 Å². The number of halogens is 3. The van der Waals surface area contributed by atoms with Gasteiger partial charge in [0.1, 0.15) is 11.6 Å². The second kappa shape index (κ2) is 5.88. The lowest BCUT2D eigenvalue weighted by Gasteiger charge is -2.14. The first-order valence-electron chi connectivity index (χ1n) is 5.23. The molecular weight excluding hydrogens is 322 g/mol. The molecule has 96 valence electrons. The Balaban J connectivity index is 2.20. The smallest absolute Gasteiger partial charge is 0.126 e. The lowest BCUT2D eigenvalue weighted by molar-refractivity contribution is 0.546. The summed E-state index contributed by atoms with van der Waals surface area (Å²) in [5.74, 6) is 4.34. The predicted molar refractivity (Wildman–Crippen MR) is 72.1 cm³/mol. The molecule has 1 aromatic carbocycles. The van der Waals surface area contributed by atoms with Crippen molar-refractivity contribution in [3.8, 4) is 0 Å². The molecule has 0 spiro atoms. The molecule has 0 bridgehead atoms. The van der Waals surface area contributed by atoms with Crippen LogP contribution in [0.3, 0.4) is 0 Å². The molecule has 0 saturated heterocycles. The van der Waals surface area contributed by atoms with Gasteiger partial charge in [-0.3, -0.25) is 11.3 Å². The second-order valence-electron chi connectivity index (χ2n) is 3.87. The SMILES string of the molecule is NNC(Cc1cc(F)cc(F)c1)c1cc(Br)cs1. The second-order valence-corrected chi connectivity index (χ2v) is 5.73. The lowest BCUT2D eigenvalue weighted by atomic mass is 10.0. The van der Waals surface area contributed by atoms with Crippen molar-refractivity contribution in [3.63, 3.8) is 0 Å². The van der Waals surface area contributed by atoms with E-state index in [0.29, 0.717) is 12.0 Å². The highest BCUT2D eigenvalue weighted by Crippen LogP contribution is 2.27. The molecule has 1 unspecified atom stereocenters. The molecule has 0 amide bonds. The van der Waals surface area contributed by atoms with Gasteiger partial charge in [-0.2, -0.15) is 0 Å². The topological polar surface area (TPSA) is 38.0 Å². The lowest BCUT2D eigenvalue weighted by Crippen LogP contribution is -2.29. The predicted octanol–water partition coefficient (Wildman–Crippen LogP) is 3.54. The Kier molecular flexibility index (Phi) is 4.45. The van der Waals surface area contributed by atoms with Crippen LogP contribution in [0.1, 0.15) is 16.5 Å². The maximum atomic E-state index is 13.1. The number of hydrogen-bond donors (Lipinski definition) is 2. The van der Waals surface area contributed by atoms with Crippen LogP contribution < -0.4 is 11.3 Å². The van der Waals surface area contributed by atoms with Crippen molar-refractivity contribution in [2.24, 2.45) is 5.84 Å². The fraction of sp³-hybridized carbons (Fsp3) is 0.167. The number of nitrogens with one attached hydrogen (secondary N) is 1. The summed E-state index contributed by atoms with van der Waals surface area (Å²) in [6.45, 7) is 0. The molecule has 0 aliphatic rings. The Hall–Kier alpha value is -0.820. The van der Waals surface area contributed by atoms with Gasteiger partial charge in [0.05, 0.1) is 6.04 Å². The quantitative estimate of drug-likeness (QED) is 0.663. The van der Waals surface area contributed by atoms with Crippen LogP contribution in [0.4, 0.5) is 8.78 Å². The van der Waals surface area contributed by atoms with Gasteiger partial charge in [-0.1, -0.05) is 0 Å². The summed E-state index contributed by atoms with van der Waals surface area (Å²) in [6, 6.07) is 5.26. The fourth-order valence-electron chi connectivity index (χ4n) is 1.72. The summed E-state index contributed by atoms with van der Waals surface area (Å²) in [6.07, 6.45) is 0.429. The van der Waals surface area contributed by atoms with Crippen LogP contribution in [0.25, 0.3) is 0 Å². The molecule has 0 fully saturated rings. The van der Waals surface area contributed by atoms with Crippen molar-refractivity contribution in [1.29, 1.82) is 0 Å². The van der Waals surface area contributed by atoms with Gasteiger partial charge < -0.3 is 0 Å². The average Bonchev–Trinajstić information content (AvgIpc) is 2.71. The maximum Gasteiger partial charge on any atom is 0.126 e. The average molecular weight is 333 g/mol. The van der Waals surface area contributed by atoms with E-state index in [0.717, 1.165) is 15.4 Å². The van der Waals surface area contributed by atoms with E-state index in [1.807, 2.05) is 11.4 Å². The molecule has 2 aromatic rings. The van der Waals surface area contributed by atoms with Crippen molar-refractivity contribution in [2.45, 2.75) is 12.5 Å². The molecule has 6 heteroatoms. The minimum atomic E-state index is -0.576. The Morgan fingerprint density at radius 3 is 2.39 bits per heavy atom. The van der Waals surface area contributed by atoms with Crippen LogP contribution in [-0.4, -0.2) is 0 Å². The van der Waals surface area contributed by atoms with E-state index >= 15 is 0 Å². The Bertz CT molecular complexity index is 524. The van der Waals surface area contributed by atoms with Crippen LogP contribution in [-0.2, 0) is 6.42 Å². The standard InChI is InChI=1S/C12H11BrF2N2S/c13-8-4-12(18-6-8)11(17-16)3-7-1-9(14)5-10(15)2-7/h1-2,4-6,11,17H,3,16H2. The largest absolute Gasteiger partial charge is 0.271 e. The highest BCUT2D eigenvalue weighted by atomic mass is 79.9. The van der Waals surface area contributed by atoms with Crippen LogP contribution in [0.15, 0.2) is 34.1 Å². The maximum absolute atomic E-state index is 13.1. The number of rotatable bonds is 4. The number of hydrogen-bond acceptors (Lipinski definition) is 3. The van der Waals surface area contributed by atoms with Gasteiger partial charge in [0.2, 0.25) is 0 Å². The molecule has 2 rings (SSSR count). The Morgan fingerprint density at radius 2 is 1.89 bits per heavy atom. The van der Waals surface area contributed by atoms with E-state index in [2.05, 4.69) is 21.4 Å². The number of hydrazine groups is 1. The molecule has 0 radical (unpaired) electrons. The summed E-state index contributed by atoms with van der Waals surface area (Å²) in [7, 11) is 0. The highest BCUT2D eigenvalue weighted by molar-refractivity contribution is 9.10. The number of thiophene rings is 1. The van der Waals surface area contributed by atoms with Gasteiger partial charge in [0.25, 0.3) is 0 Å². The first-order chi connectivity index (χ1) is 8.58. The van der Waals surface area contributed by atoms with Gasteiger partial charge in [-0.15, -0.1) is 11.3 Å². The zero-order chi connectivity index (χ0) is 13.1. The zero-order valence-electron chi connectivity index (χ0n) is 9.29. The van der Waals surface area contributed by atoms with Crippen molar-refractivity contribution >= 4 is 27.3 Å². The minimum Gasteiger partial charge on any atom is -0.271 e. The molecule has 3 N–H and O–H groups in total. The summed E-state index contributed by atoms with van der Waals surface area (Å²) < 4.78 is 27.2. The van der Waals surface area contributed by atoms with Gasteiger partial charge in [0.15, 0.2) is 0 Å². The normalized spacial score (nSPS) is 12.7. The molecule has 1 heterocycles. The molecular formula is C12H11BrF2N2S. The third-order valence-corrected chi connectivity index (χ3v) is 4.30. The summed E-state index contributed by atoms with van der Waals surface area (Å²) in [4.78, 5) is 1.01. The van der Waals surface area contributed by atoms with E-state index in [4.69, 9.17) is 5.84 Å². The van der Waals surface area contributed by atoms with Crippen LogP contribution in [0.2, 0.25) is 0 Å². The molecule has 1 atom stereocenters. The first kappa shape index (κ1) is 13.6. The Morgan fingerprint density at radius 1 is 1.22 bits per heavy atom. The zero-order valence-corrected chi connectivity index (χ0v) is 11.7. The molecule has 18 heavy (non-hydrogen) atoms. The van der Waals surface area contributed by atoms with Crippen LogP contribution in [0, 0.1) is 11.6 Å². The molecule has 0 aliphatic carbocycles. The van der Waals surface area contributed by atoms with Crippen LogP contribution in [0.5, 0.6) is 0 Å². The van der Waals surface area contributed by atoms with Crippen molar-refractivity contribution in [1.82, 2.24) is 5.43 Å². The number of nitrogens with two attached hydrogens (primary N) is 1. The first-order valence-corrected chi connectivity index (χ1v) is 6.91. The van der Waals surface area contributed by atoms with E-state index < -0.39 is 11.6 Å². The summed E-state index contributed by atoms with van der Waals surface area (Å²) in [5.41, 5.74) is 3.23. The summed E-state index contributed by atoms with van der Waals surface area (Å²) in [5, 5.41) is 1.94.